The molecule has 0 spiro atoms. The number of hydrogen-bond acceptors (Lipinski definition) is 4. The largest absolute Gasteiger partial charge is 0.396 e. The fourth-order valence-corrected chi connectivity index (χ4v) is 4.41. The van der Waals surface area contributed by atoms with Gasteiger partial charge >= 0.3 is 0 Å². The minimum atomic E-state index is -2.58. The highest BCUT2D eigenvalue weighted by Gasteiger charge is 2.33. The smallest absolute Gasteiger partial charge is 0.0976 e. The Hall–Kier alpha value is 0.110. The van der Waals surface area contributed by atoms with Crippen LogP contribution >= 0.6 is 7.14 Å². The topological polar surface area (TPSA) is 77.8 Å². The molecule has 5 heteroatoms. The summed E-state index contributed by atoms with van der Waals surface area (Å²) in [5.41, 5.74) is -0.590. The Balaban J connectivity index is 4.57. The van der Waals surface area contributed by atoms with Crippen molar-refractivity contribution in [3.8, 4) is 0 Å². The van der Waals surface area contributed by atoms with Gasteiger partial charge in [0, 0.05) is 24.1 Å². The van der Waals surface area contributed by atoms with Crippen molar-refractivity contribution in [2.75, 3.05) is 26.0 Å². The Labute approximate surface area is 85.3 Å². The normalized spacial score (nSPS) is 20.1. The fraction of sp³-hybridized carbons (Fsp3) is 1.00. The average molecular weight is 224 g/mol. The van der Waals surface area contributed by atoms with Crippen molar-refractivity contribution in [1.29, 1.82) is 0 Å². The summed E-state index contributed by atoms with van der Waals surface area (Å²) < 4.78 is 12.4. The van der Waals surface area contributed by atoms with Gasteiger partial charge in [-0.1, -0.05) is 13.8 Å². The van der Waals surface area contributed by atoms with Crippen LogP contribution in [0.1, 0.15) is 20.3 Å². The van der Waals surface area contributed by atoms with E-state index in [9.17, 15) is 4.57 Å². The van der Waals surface area contributed by atoms with Gasteiger partial charge in [0.25, 0.3) is 0 Å². The maximum Gasteiger partial charge on any atom is 0.0976 e. The van der Waals surface area contributed by atoms with Crippen molar-refractivity contribution < 1.29 is 19.9 Å². The zero-order valence-corrected chi connectivity index (χ0v) is 9.78. The van der Waals surface area contributed by atoms with Crippen molar-refractivity contribution in [3.05, 3.63) is 0 Å². The van der Waals surface area contributed by atoms with E-state index in [4.69, 9.17) is 15.3 Å². The number of hydrogen-bond donors (Lipinski definition) is 3. The Morgan fingerprint density at radius 2 is 1.50 bits per heavy atom. The number of aliphatic hydroxyl groups is 3. The van der Waals surface area contributed by atoms with E-state index in [2.05, 4.69) is 0 Å². The lowest BCUT2D eigenvalue weighted by Crippen LogP contribution is -2.22. The van der Waals surface area contributed by atoms with Crippen LogP contribution in [-0.4, -0.2) is 52.6 Å². The SMILES string of the molecule is CC(CO)P(=O)(CCCO)C(C)CO. The molecule has 0 aromatic heterocycles. The van der Waals surface area contributed by atoms with E-state index in [1.807, 2.05) is 0 Å². The van der Waals surface area contributed by atoms with Crippen LogP contribution < -0.4 is 0 Å². The molecule has 0 aliphatic carbocycles. The molecule has 0 saturated carbocycles. The number of aliphatic hydroxyl groups excluding tert-OH is 3. The lowest BCUT2D eigenvalue weighted by molar-refractivity contribution is 0.278. The standard InChI is InChI=1S/C9H21O4P/c1-8(6-11)14(13,5-3-4-10)9(2)7-12/h8-12H,3-7H2,1-2H3. The zero-order valence-electron chi connectivity index (χ0n) is 8.89. The lowest BCUT2D eigenvalue weighted by Gasteiger charge is -2.28. The summed E-state index contributed by atoms with van der Waals surface area (Å²) >= 11 is 0. The highest BCUT2D eigenvalue weighted by Crippen LogP contribution is 2.55. The molecule has 0 bridgehead atoms. The Morgan fingerprint density at radius 1 is 1.07 bits per heavy atom. The van der Waals surface area contributed by atoms with Crippen LogP contribution in [0.2, 0.25) is 0 Å². The molecular weight excluding hydrogens is 203 g/mol. The third kappa shape index (κ3) is 3.35. The van der Waals surface area contributed by atoms with E-state index in [-0.39, 0.29) is 31.1 Å². The van der Waals surface area contributed by atoms with Gasteiger partial charge < -0.3 is 19.9 Å². The summed E-state index contributed by atoms with van der Waals surface area (Å²) in [6, 6.07) is 0. The Kier molecular flexibility index (Phi) is 6.62. The van der Waals surface area contributed by atoms with Crippen molar-refractivity contribution in [2.24, 2.45) is 0 Å². The first-order valence-electron chi connectivity index (χ1n) is 4.94. The predicted octanol–water partition coefficient (Wildman–Crippen LogP) is 0.493. The molecule has 0 heterocycles. The summed E-state index contributed by atoms with van der Waals surface area (Å²) in [6.07, 6.45) is 0.860. The van der Waals surface area contributed by atoms with Crippen LogP contribution in [0.15, 0.2) is 0 Å². The zero-order chi connectivity index (χ0) is 11.2. The van der Waals surface area contributed by atoms with Gasteiger partial charge in [-0.05, 0) is 6.42 Å². The van der Waals surface area contributed by atoms with Crippen LogP contribution in [0.5, 0.6) is 0 Å². The molecule has 86 valence electrons. The first-order valence-corrected chi connectivity index (χ1v) is 6.97. The van der Waals surface area contributed by atoms with Gasteiger partial charge in [0.15, 0.2) is 0 Å². The van der Waals surface area contributed by atoms with E-state index in [1.165, 1.54) is 0 Å². The Morgan fingerprint density at radius 3 is 1.79 bits per heavy atom. The third-order valence-corrected chi connectivity index (χ3v) is 7.01. The average Bonchev–Trinajstić information content (AvgIpc) is 2.23. The molecule has 2 atom stereocenters. The van der Waals surface area contributed by atoms with E-state index in [0.29, 0.717) is 12.6 Å². The number of rotatable bonds is 7. The fourth-order valence-electron chi connectivity index (χ4n) is 1.47. The maximum atomic E-state index is 12.4. The molecule has 3 N–H and O–H groups in total. The molecule has 4 nitrogen and oxygen atoms in total. The first-order chi connectivity index (χ1) is 6.52. The second kappa shape index (κ2) is 6.57. The van der Waals surface area contributed by atoms with Gasteiger partial charge in [-0.15, -0.1) is 0 Å². The van der Waals surface area contributed by atoms with Crippen molar-refractivity contribution in [2.45, 2.75) is 31.6 Å². The second-order valence-electron chi connectivity index (χ2n) is 3.72. The molecule has 0 rings (SSSR count). The lowest BCUT2D eigenvalue weighted by atomic mass is 10.5. The Bertz CT molecular complexity index is 181. The predicted molar refractivity (Wildman–Crippen MR) is 57.3 cm³/mol. The van der Waals surface area contributed by atoms with Crippen LogP contribution in [-0.2, 0) is 4.57 Å². The molecule has 14 heavy (non-hydrogen) atoms. The van der Waals surface area contributed by atoms with Crippen molar-refractivity contribution in [1.82, 2.24) is 0 Å². The molecular formula is C9H21O4P. The highest BCUT2D eigenvalue weighted by atomic mass is 31.2. The summed E-state index contributed by atoms with van der Waals surface area (Å²) in [6.45, 7) is 3.19. The van der Waals surface area contributed by atoms with Crippen LogP contribution in [0.4, 0.5) is 0 Å². The quantitative estimate of drug-likeness (QED) is 0.550. The van der Waals surface area contributed by atoms with E-state index in [0.717, 1.165) is 0 Å². The molecule has 0 aliphatic heterocycles. The summed E-state index contributed by atoms with van der Waals surface area (Å²) in [5.74, 6) is 0. The van der Waals surface area contributed by atoms with Gasteiger partial charge in [0.1, 0.15) is 0 Å². The van der Waals surface area contributed by atoms with Gasteiger partial charge in [-0.3, -0.25) is 0 Å². The highest BCUT2D eigenvalue weighted by molar-refractivity contribution is 7.65. The first kappa shape index (κ1) is 14.1. The second-order valence-corrected chi connectivity index (χ2v) is 7.64. The third-order valence-electron chi connectivity index (χ3n) is 2.69. The van der Waals surface area contributed by atoms with E-state index in [1.54, 1.807) is 13.8 Å². The summed E-state index contributed by atoms with van der Waals surface area (Å²) in [7, 11) is -2.58. The van der Waals surface area contributed by atoms with Crippen molar-refractivity contribution >= 4 is 7.14 Å². The summed E-state index contributed by atoms with van der Waals surface area (Å²) in [5, 5.41) is 26.7. The van der Waals surface area contributed by atoms with Crippen molar-refractivity contribution in [3.63, 3.8) is 0 Å². The molecule has 0 radical (unpaired) electrons. The molecule has 2 unspecified atom stereocenters. The molecule has 0 aromatic rings. The molecule has 0 fully saturated rings. The molecule has 0 amide bonds. The van der Waals surface area contributed by atoms with Gasteiger partial charge in [0.2, 0.25) is 0 Å². The molecule has 0 saturated heterocycles. The van der Waals surface area contributed by atoms with Gasteiger partial charge in [0.05, 0.1) is 20.4 Å². The molecule has 0 aromatic carbocycles. The summed E-state index contributed by atoms with van der Waals surface area (Å²) in [4.78, 5) is 0. The van der Waals surface area contributed by atoms with E-state index < -0.39 is 7.14 Å². The van der Waals surface area contributed by atoms with Crippen LogP contribution in [0.25, 0.3) is 0 Å². The van der Waals surface area contributed by atoms with E-state index >= 15 is 0 Å². The minimum absolute atomic E-state index is 0.000285. The van der Waals surface area contributed by atoms with Crippen LogP contribution in [0, 0.1) is 0 Å². The van der Waals surface area contributed by atoms with Crippen LogP contribution in [0.3, 0.4) is 0 Å². The monoisotopic (exact) mass is 224 g/mol. The van der Waals surface area contributed by atoms with Gasteiger partial charge in [-0.25, -0.2) is 0 Å². The molecule has 0 aliphatic rings. The maximum absolute atomic E-state index is 12.4. The van der Waals surface area contributed by atoms with Gasteiger partial charge in [-0.2, -0.15) is 0 Å². The minimum Gasteiger partial charge on any atom is -0.396 e.